The highest BCUT2D eigenvalue weighted by atomic mass is 32.1. The van der Waals surface area contributed by atoms with Gasteiger partial charge in [0.25, 0.3) is 0 Å². The highest BCUT2D eigenvalue weighted by Gasteiger charge is 2.30. The fourth-order valence-corrected chi connectivity index (χ4v) is 7.84. The van der Waals surface area contributed by atoms with Crippen LogP contribution in [0.25, 0.3) is 0 Å². The van der Waals surface area contributed by atoms with Gasteiger partial charge in [-0.05, 0) is 72.7 Å². The highest BCUT2D eigenvalue weighted by Crippen LogP contribution is 2.18. The molecule has 66 heavy (non-hydrogen) atoms. The van der Waals surface area contributed by atoms with Gasteiger partial charge in [-0.25, -0.2) is 0 Å². The number of hydrogen-bond acceptors (Lipinski definition) is 14. The van der Waals surface area contributed by atoms with Gasteiger partial charge in [0.1, 0.15) is 0 Å². The van der Waals surface area contributed by atoms with E-state index in [4.69, 9.17) is 24.4 Å². The monoisotopic (exact) mass is 962 g/mol. The minimum Gasteiger partial charge on any atom is -0.480 e. The van der Waals surface area contributed by atoms with Crippen molar-refractivity contribution in [2.24, 2.45) is 0 Å². The van der Waals surface area contributed by atoms with Crippen LogP contribution in [0.5, 0.6) is 0 Å². The third-order valence-electron chi connectivity index (χ3n) is 10.8. The standard InChI is InChI=1S/2C21H31N5O6S/c2*1-22-21(33)23-16-4-2-15(3-5-16)10-17-11-25(13-19(29)30)7-6-24(12-18(27)28)8-9-26(17)14-20(31)32/h2*2-5,17H,6-14H2,1H3,(H,27,28)(H,29,30)(H,31,32)(H2,22,23,33). The molecule has 0 radical (unpaired) electrons. The number of carboxylic acid groups (broad SMARTS) is 6. The largest absolute Gasteiger partial charge is 0.480 e. The quantitative estimate of drug-likeness (QED) is 0.0833. The first-order valence-electron chi connectivity index (χ1n) is 21.2. The second kappa shape index (κ2) is 28.4. The number of nitrogens with zero attached hydrogens (tertiary/aromatic N) is 6. The minimum atomic E-state index is -0.992. The van der Waals surface area contributed by atoms with Crippen LogP contribution in [0, 0.1) is 0 Å². The van der Waals surface area contributed by atoms with Crippen molar-refractivity contribution in [3.05, 3.63) is 59.7 Å². The minimum absolute atomic E-state index is 0.185. The normalized spacial score (nSPS) is 18.5. The van der Waals surface area contributed by atoms with Crippen molar-refractivity contribution >= 4 is 81.9 Å². The molecule has 2 aliphatic rings. The summed E-state index contributed by atoms with van der Waals surface area (Å²) in [5.74, 6) is -5.92. The van der Waals surface area contributed by atoms with Crippen molar-refractivity contribution in [1.29, 1.82) is 0 Å². The van der Waals surface area contributed by atoms with Crippen molar-refractivity contribution in [1.82, 2.24) is 40.0 Å². The van der Waals surface area contributed by atoms with Crippen LogP contribution in [0.15, 0.2) is 48.5 Å². The first-order valence-corrected chi connectivity index (χ1v) is 22.0. The fourth-order valence-electron chi connectivity index (χ4n) is 7.60. The maximum absolute atomic E-state index is 11.6. The molecule has 24 heteroatoms. The Kier molecular flexibility index (Phi) is 23.6. The van der Waals surface area contributed by atoms with Gasteiger partial charge >= 0.3 is 35.8 Å². The summed E-state index contributed by atoms with van der Waals surface area (Å²) in [5, 5.41) is 68.7. The summed E-state index contributed by atoms with van der Waals surface area (Å²) in [7, 11) is 3.44. The molecule has 0 spiro atoms. The Labute approximate surface area is 394 Å². The Bertz CT molecular complexity index is 1810. The SMILES string of the molecule is CNC(=S)Nc1ccc(CC2CN(CC(=O)O)CCN(CC(=O)O)CCN2CC(=O)O)cc1.CNC(=S)Nc1ccc(CC2CN(CC(=O)O)CCN(CC(=O)O)CCN2CC(=O)O)cc1. The number of benzene rings is 2. The predicted octanol–water partition coefficient (Wildman–Crippen LogP) is -0.625. The summed E-state index contributed by atoms with van der Waals surface area (Å²) >= 11 is 10.2. The molecule has 22 nitrogen and oxygen atoms in total. The molecule has 2 saturated heterocycles. The molecule has 2 aromatic rings. The molecule has 364 valence electrons. The van der Waals surface area contributed by atoms with E-state index in [-0.39, 0.29) is 51.4 Å². The summed E-state index contributed by atoms with van der Waals surface area (Å²) in [4.78, 5) is 78.8. The lowest BCUT2D eigenvalue weighted by molar-refractivity contribution is -0.140. The van der Waals surface area contributed by atoms with Crippen LogP contribution in [0.2, 0.25) is 0 Å². The zero-order chi connectivity index (χ0) is 48.8. The second-order valence-corrected chi connectivity index (χ2v) is 16.7. The van der Waals surface area contributed by atoms with E-state index in [1.54, 1.807) is 43.5 Å². The molecule has 2 aliphatic heterocycles. The van der Waals surface area contributed by atoms with E-state index in [1.807, 2.05) is 48.5 Å². The number of thiocarbonyl (C=S) groups is 2. The van der Waals surface area contributed by atoms with Gasteiger partial charge in [-0.15, -0.1) is 0 Å². The van der Waals surface area contributed by atoms with Crippen LogP contribution in [0.1, 0.15) is 11.1 Å². The van der Waals surface area contributed by atoms with Crippen molar-refractivity contribution < 1.29 is 59.4 Å². The number of aliphatic carboxylic acids is 6. The average molecular weight is 963 g/mol. The third-order valence-corrected chi connectivity index (χ3v) is 11.4. The van der Waals surface area contributed by atoms with E-state index in [0.29, 0.717) is 88.5 Å². The molecule has 10 N–H and O–H groups in total. The maximum atomic E-state index is 11.6. The van der Waals surface area contributed by atoms with E-state index < -0.39 is 35.8 Å². The lowest BCUT2D eigenvalue weighted by atomic mass is 10.0. The Morgan fingerprint density at radius 3 is 1.02 bits per heavy atom. The number of nitrogens with one attached hydrogen (secondary N) is 4. The molecular weight excluding hydrogens is 901 g/mol. The Balaban J connectivity index is 0.000000350. The summed E-state index contributed by atoms with van der Waals surface area (Å²) in [5.41, 5.74) is 3.56. The Morgan fingerprint density at radius 2 is 0.727 bits per heavy atom. The number of anilines is 2. The number of carboxylic acids is 6. The van der Waals surface area contributed by atoms with E-state index in [9.17, 15) is 59.4 Å². The molecule has 2 unspecified atom stereocenters. The van der Waals surface area contributed by atoms with Crippen LogP contribution in [0.3, 0.4) is 0 Å². The van der Waals surface area contributed by atoms with Crippen LogP contribution in [-0.4, -0.2) is 237 Å². The van der Waals surface area contributed by atoms with Crippen LogP contribution in [-0.2, 0) is 41.6 Å². The molecule has 0 aliphatic carbocycles. The zero-order valence-corrected chi connectivity index (χ0v) is 38.8. The lowest BCUT2D eigenvalue weighted by Crippen LogP contribution is -2.49. The van der Waals surface area contributed by atoms with Gasteiger partial charge in [-0.1, -0.05) is 24.3 Å². The third kappa shape index (κ3) is 21.6. The summed E-state index contributed by atoms with van der Waals surface area (Å²) < 4.78 is 0. The average Bonchev–Trinajstić information content (AvgIpc) is 3.35. The molecule has 0 amide bonds. The van der Waals surface area contributed by atoms with Crippen molar-refractivity contribution in [2.75, 3.05) is 129 Å². The summed E-state index contributed by atoms with van der Waals surface area (Å²) in [6, 6.07) is 14.7. The molecule has 2 atom stereocenters. The van der Waals surface area contributed by atoms with Crippen molar-refractivity contribution in [2.45, 2.75) is 24.9 Å². The van der Waals surface area contributed by atoms with Crippen molar-refractivity contribution in [3.8, 4) is 0 Å². The van der Waals surface area contributed by atoms with E-state index in [2.05, 4.69) is 21.3 Å². The number of hydrogen-bond donors (Lipinski definition) is 10. The van der Waals surface area contributed by atoms with E-state index in [0.717, 1.165) is 22.5 Å². The van der Waals surface area contributed by atoms with Gasteiger partial charge in [0.15, 0.2) is 10.2 Å². The molecule has 2 aromatic carbocycles. The molecule has 4 rings (SSSR count). The van der Waals surface area contributed by atoms with Crippen LogP contribution < -0.4 is 21.3 Å². The summed E-state index contributed by atoms with van der Waals surface area (Å²) in [6.45, 7) is 2.49. The Morgan fingerprint density at radius 1 is 0.455 bits per heavy atom. The van der Waals surface area contributed by atoms with E-state index in [1.165, 1.54) is 0 Å². The van der Waals surface area contributed by atoms with Gasteiger partial charge in [0, 0.05) is 103 Å². The lowest BCUT2D eigenvalue weighted by Gasteiger charge is -2.33. The van der Waals surface area contributed by atoms with Gasteiger partial charge in [-0.3, -0.25) is 58.2 Å². The molecule has 0 aromatic heterocycles. The topological polar surface area (TPSA) is 291 Å². The first kappa shape index (κ1) is 54.7. The van der Waals surface area contributed by atoms with Gasteiger partial charge in [0.05, 0.1) is 39.3 Å². The van der Waals surface area contributed by atoms with Gasteiger partial charge < -0.3 is 51.9 Å². The van der Waals surface area contributed by atoms with Crippen molar-refractivity contribution in [3.63, 3.8) is 0 Å². The first-order chi connectivity index (χ1) is 31.3. The highest BCUT2D eigenvalue weighted by molar-refractivity contribution is 7.80. The molecule has 0 saturated carbocycles. The fraction of sp³-hybridized carbons (Fsp3) is 0.524. The number of rotatable bonds is 18. The second-order valence-electron chi connectivity index (χ2n) is 15.8. The molecular formula is C42H62N10O12S2. The molecule has 2 heterocycles. The molecule has 0 bridgehead atoms. The van der Waals surface area contributed by atoms with Crippen LogP contribution >= 0.6 is 24.4 Å². The number of carbonyl (C=O) groups is 6. The van der Waals surface area contributed by atoms with Gasteiger partial charge in [0.2, 0.25) is 0 Å². The maximum Gasteiger partial charge on any atom is 0.317 e. The zero-order valence-electron chi connectivity index (χ0n) is 37.1. The van der Waals surface area contributed by atoms with Gasteiger partial charge in [-0.2, -0.15) is 0 Å². The Hall–Kier alpha value is -5.60. The predicted molar refractivity (Wildman–Crippen MR) is 253 cm³/mol. The van der Waals surface area contributed by atoms with Crippen LogP contribution in [0.4, 0.5) is 11.4 Å². The smallest absolute Gasteiger partial charge is 0.317 e. The summed E-state index contributed by atoms with van der Waals surface area (Å²) in [6.07, 6.45) is 1.03. The molecule has 2 fully saturated rings. The van der Waals surface area contributed by atoms with E-state index >= 15 is 0 Å².